The molecule has 0 aliphatic rings. The van der Waals surface area contributed by atoms with E-state index in [1.807, 2.05) is 0 Å². The maximum atomic E-state index is 11.4. The first-order chi connectivity index (χ1) is 20.5. The lowest BCUT2D eigenvalue weighted by Gasteiger charge is -2.22. The third-order valence-corrected chi connectivity index (χ3v) is 7.75. The van der Waals surface area contributed by atoms with Crippen molar-refractivity contribution in [3.05, 3.63) is 60.7 Å². The van der Waals surface area contributed by atoms with E-state index >= 15 is 0 Å². The zero-order chi connectivity index (χ0) is 31.2. The Kier molecular flexibility index (Phi) is 13.1. The van der Waals surface area contributed by atoms with Crippen molar-refractivity contribution < 1.29 is 28.2 Å². The highest BCUT2D eigenvalue weighted by Crippen LogP contribution is 2.14. The summed E-state index contributed by atoms with van der Waals surface area (Å²) >= 11 is 5.30. The molecule has 2 aromatic heterocycles. The normalized spacial score (nSPS) is 11.5. The van der Waals surface area contributed by atoms with Gasteiger partial charge in [0.05, 0.1) is 18.0 Å². The van der Waals surface area contributed by atoms with Gasteiger partial charge >= 0.3 is 11.9 Å². The molecule has 14 nitrogen and oxygen atoms in total. The van der Waals surface area contributed by atoms with Crippen molar-refractivity contribution in [3.63, 3.8) is 0 Å². The molecule has 0 aliphatic heterocycles. The number of nitrogens with zero attached hydrogens (tertiary/aromatic N) is 5. The lowest BCUT2D eigenvalue weighted by Crippen LogP contribution is -2.29. The highest BCUT2D eigenvalue weighted by atomic mass is 32.2. The third kappa shape index (κ3) is 12.1. The first kappa shape index (κ1) is 33.6. The summed E-state index contributed by atoms with van der Waals surface area (Å²) < 4.78 is 25.9. The summed E-state index contributed by atoms with van der Waals surface area (Å²) in [5.41, 5.74) is 0.663. The molecule has 234 valence electrons. The van der Waals surface area contributed by atoms with Crippen LogP contribution in [0.5, 0.6) is 0 Å². The van der Waals surface area contributed by atoms with Crippen molar-refractivity contribution in [1.82, 2.24) is 29.3 Å². The number of rotatable bonds is 19. The number of thiocarbonyl (C=S) groups is 1. The number of benzene rings is 1. The van der Waals surface area contributed by atoms with Crippen LogP contribution >= 0.6 is 12.2 Å². The van der Waals surface area contributed by atoms with E-state index < -0.39 is 22.0 Å². The number of anilines is 1. The smallest absolute Gasteiger partial charge is 0.323 e. The molecular formula is C27H38N8O6S2. The van der Waals surface area contributed by atoms with E-state index in [2.05, 4.69) is 25.5 Å². The van der Waals surface area contributed by atoms with Gasteiger partial charge in [-0.2, -0.15) is 0 Å². The maximum absolute atomic E-state index is 11.4. The Balaban J connectivity index is 1.38. The number of nitrogens with two attached hydrogens (primary N) is 1. The number of carbonyl (C=O) groups is 2. The maximum Gasteiger partial charge on any atom is 0.323 e. The Labute approximate surface area is 256 Å². The number of nitrogens with one attached hydrogen (secondary N) is 2. The third-order valence-electron chi connectivity index (χ3n) is 6.57. The van der Waals surface area contributed by atoms with Gasteiger partial charge in [0.1, 0.15) is 24.7 Å². The van der Waals surface area contributed by atoms with Gasteiger partial charge in [0, 0.05) is 37.0 Å². The van der Waals surface area contributed by atoms with E-state index in [0.717, 1.165) is 45.1 Å². The monoisotopic (exact) mass is 634 g/mol. The van der Waals surface area contributed by atoms with E-state index in [1.165, 1.54) is 12.1 Å². The molecule has 0 atom stereocenters. The fourth-order valence-corrected chi connectivity index (χ4v) is 5.18. The molecule has 2 heterocycles. The van der Waals surface area contributed by atoms with Crippen LogP contribution in [0.3, 0.4) is 0 Å². The molecule has 0 bridgehead atoms. The van der Waals surface area contributed by atoms with Gasteiger partial charge in [-0.15, -0.1) is 0 Å². The minimum Gasteiger partial charge on any atom is -0.480 e. The Morgan fingerprint density at radius 3 is 1.88 bits per heavy atom. The number of primary sulfonamides is 1. The lowest BCUT2D eigenvalue weighted by atomic mass is 10.1. The van der Waals surface area contributed by atoms with Crippen LogP contribution < -0.4 is 15.8 Å². The highest BCUT2D eigenvalue weighted by Gasteiger charge is 2.16. The molecule has 0 fully saturated rings. The van der Waals surface area contributed by atoms with Crippen LogP contribution in [0.15, 0.2) is 53.9 Å². The number of aliphatic carboxylic acids is 2. The molecule has 16 heteroatoms. The van der Waals surface area contributed by atoms with Gasteiger partial charge in [0.15, 0.2) is 5.11 Å². The standard InChI is InChI=1S/C27H38N8O6S2/c28-43(40,41)22-9-7-21(8-10-22)32-27(42)31-11-5-3-1-2-4-6-14-33(17-23-29-12-15-34(23)19-25(36)37)18-24-30-13-16-35(24)20-26(38)39/h7-10,12-13,15-16H,1-6,11,14,17-20H2,(H,36,37)(H,38,39)(H2,28,40,41)(H2,31,32,42). The van der Waals surface area contributed by atoms with Gasteiger partial charge < -0.3 is 30.0 Å². The molecular weight excluding hydrogens is 596 g/mol. The van der Waals surface area contributed by atoms with Crippen LogP contribution in [-0.2, 0) is 45.8 Å². The molecule has 0 aliphatic carbocycles. The van der Waals surface area contributed by atoms with E-state index in [4.69, 9.17) is 17.4 Å². The van der Waals surface area contributed by atoms with Crippen molar-refractivity contribution in [3.8, 4) is 0 Å². The zero-order valence-electron chi connectivity index (χ0n) is 23.8. The first-order valence-corrected chi connectivity index (χ1v) is 15.8. The number of sulfonamides is 1. The van der Waals surface area contributed by atoms with Crippen LogP contribution in [0.1, 0.15) is 50.2 Å². The second kappa shape index (κ2) is 16.7. The number of unbranched alkanes of at least 4 members (excludes halogenated alkanes) is 5. The zero-order valence-corrected chi connectivity index (χ0v) is 25.4. The summed E-state index contributed by atoms with van der Waals surface area (Å²) in [5, 5.41) is 30.1. The van der Waals surface area contributed by atoms with E-state index in [-0.39, 0.29) is 18.0 Å². The van der Waals surface area contributed by atoms with Crippen LogP contribution in [0.25, 0.3) is 0 Å². The van der Waals surface area contributed by atoms with Crippen LogP contribution in [0, 0.1) is 0 Å². The molecule has 3 rings (SSSR count). The van der Waals surface area contributed by atoms with Crippen molar-refractivity contribution in [2.75, 3.05) is 18.4 Å². The molecule has 0 saturated heterocycles. The molecule has 43 heavy (non-hydrogen) atoms. The van der Waals surface area contributed by atoms with Gasteiger partial charge in [-0.3, -0.25) is 14.5 Å². The number of imidazole rings is 2. The Morgan fingerprint density at radius 1 is 0.860 bits per heavy atom. The summed E-state index contributed by atoms with van der Waals surface area (Å²) in [7, 11) is -3.73. The topological polar surface area (TPSA) is 198 Å². The number of carboxylic acid groups (broad SMARTS) is 2. The average Bonchev–Trinajstić information content (AvgIpc) is 3.55. The molecule has 3 aromatic rings. The lowest BCUT2D eigenvalue weighted by molar-refractivity contribution is -0.138. The van der Waals surface area contributed by atoms with Crippen LogP contribution in [-0.4, -0.2) is 72.8 Å². The van der Waals surface area contributed by atoms with Crippen molar-refractivity contribution in [2.45, 2.75) is 69.6 Å². The number of hydrogen-bond acceptors (Lipinski definition) is 8. The number of carboxylic acids is 2. The van der Waals surface area contributed by atoms with Gasteiger partial charge in [-0.1, -0.05) is 25.7 Å². The fourth-order valence-electron chi connectivity index (χ4n) is 4.45. The first-order valence-electron chi connectivity index (χ1n) is 13.8. The predicted molar refractivity (Wildman–Crippen MR) is 164 cm³/mol. The van der Waals surface area contributed by atoms with Gasteiger partial charge in [0.25, 0.3) is 0 Å². The molecule has 0 amide bonds. The minimum atomic E-state index is -3.73. The van der Waals surface area contributed by atoms with Crippen LogP contribution in [0.4, 0.5) is 5.69 Å². The van der Waals surface area contributed by atoms with E-state index in [1.54, 1.807) is 46.1 Å². The predicted octanol–water partition coefficient (Wildman–Crippen LogP) is 2.23. The molecule has 1 aromatic carbocycles. The highest BCUT2D eigenvalue weighted by molar-refractivity contribution is 7.89. The largest absolute Gasteiger partial charge is 0.480 e. The van der Waals surface area contributed by atoms with E-state index in [9.17, 15) is 28.2 Å². The van der Waals surface area contributed by atoms with Crippen molar-refractivity contribution in [1.29, 1.82) is 0 Å². The summed E-state index contributed by atoms with van der Waals surface area (Å²) in [6, 6.07) is 6.04. The molecule has 6 N–H and O–H groups in total. The summed E-state index contributed by atoms with van der Waals surface area (Å²) in [5.74, 6) is -0.653. The second-order valence-corrected chi connectivity index (χ2v) is 12.0. The average molecular weight is 635 g/mol. The second-order valence-electron chi connectivity index (χ2n) is 10.0. The van der Waals surface area contributed by atoms with Crippen molar-refractivity contribution in [2.24, 2.45) is 5.14 Å². The molecule has 0 unspecified atom stereocenters. The van der Waals surface area contributed by atoms with Crippen LogP contribution in [0.2, 0.25) is 0 Å². The minimum absolute atomic E-state index is 0.0374. The summed E-state index contributed by atoms with van der Waals surface area (Å²) in [4.78, 5) is 33.3. The molecule has 0 saturated carbocycles. The SMILES string of the molecule is NS(=O)(=O)c1ccc(NC(=S)NCCCCCCCCN(Cc2nccn2CC(=O)O)Cc2nccn2CC(=O)O)cc1. The van der Waals surface area contributed by atoms with Gasteiger partial charge in [-0.05, 0) is 55.9 Å². The Bertz CT molecular complexity index is 1400. The van der Waals surface area contributed by atoms with Gasteiger partial charge in [-0.25, -0.2) is 23.5 Å². The van der Waals surface area contributed by atoms with Gasteiger partial charge in [0.2, 0.25) is 10.0 Å². The fraction of sp³-hybridized carbons (Fsp3) is 0.444. The quantitative estimate of drug-likeness (QED) is 0.0954. The Hall–Kier alpha value is -3.86. The van der Waals surface area contributed by atoms with Crippen molar-refractivity contribution >= 4 is 45.0 Å². The summed E-state index contributed by atoms with van der Waals surface area (Å²) in [6.07, 6.45) is 12.4. The molecule has 0 radical (unpaired) electrons. The number of aromatic nitrogens is 4. The number of hydrogen-bond donors (Lipinski definition) is 5. The summed E-state index contributed by atoms with van der Waals surface area (Å²) in [6.45, 7) is 1.90. The Morgan fingerprint density at radius 2 is 1.37 bits per heavy atom. The van der Waals surface area contributed by atoms with E-state index in [0.29, 0.717) is 42.1 Å². The molecule has 0 spiro atoms.